The minimum Gasteiger partial charge on any atom is -0.468 e. The number of rotatable bonds is 3. The summed E-state index contributed by atoms with van der Waals surface area (Å²) in [6.07, 6.45) is 0. The minimum absolute atomic E-state index is 0.311. The number of ether oxygens (including phenoxy) is 1. The Kier molecular flexibility index (Phi) is 3.34. The van der Waals surface area contributed by atoms with Crippen molar-refractivity contribution < 1.29 is 13.9 Å². The molecule has 1 aromatic heterocycles. The van der Waals surface area contributed by atoms with Crippen molar-refractivity contribution in [2.75, 3.05) is 7.11 Å². The molecular formula is C13H15FN2O2. The molecule has 1 atom stereocenters. The quantitative estimate of drug-likeness (QED) is 0.847. The number of fused-ring (bicyclic) bond motifs is 1. The highest BCUT2D eigenvalue weighted by Crippen LogP contribution is 2.24. The SMILES string of the molecule is CCn1c(C(N)C(=O)OC)cc2cc(F)ccc21. The third kappa shape index (κ3) is 1.97. The molecular weight excluding hydrogens is 235 g/mol. The van der Waals surface area contributed by atoms with Crippen molar-refractivity contribution in [2.24, 2.45) is 5.73 Å². The van der Waals surface area contributed by atoms with Gasteiger partial charge in [-0.25, -0.2) is 9.18 Å². The number of hydrogen-bond donors (Lipinski definition) is 1. The topological polar surface area (TPSA) is 57.2 Å². The lowest BCUT2D eigenvalue weighted by atomic mass is 10.2. The van der Waals surface area contributed by atoms with Gasteiger partial charge in [0, 0.05) is 23.1 Å². The molecule has 0 amide bonds. The molecule has 1 unspecified atom stereocenters. The van der Waals surface area contributed by atoms with Crippen molar-refractivity contribution in [3.8, 4) is 0 Å². The van der Waals surface area contributed by atoms with Gasteiger partial charge in [0.15, 0.2) is 0 Å². The molecule has 2 N–H and O–H groups in total. The summed E-state index contributed by atoms with van der Waals surface area (Å²) in [5.74, 6) is -0.818. The largest absolute Gasteiger partial charge is 0.468 e. The van der Waals surface area contributed by atoms with Crippen molar-refractivity contribution in [3.63, 3.8) is 0 Å². The molecule has 0 aliphatic carbocycles. The normalized spacial score (nSPS) is 12.7. The van der Waals surface area contributed by atoms with Gasteiger partial charge in [-0.2, -0.15) is 0 Å². The average molecular weight is 250 g/mol. The highest BCUT2D eigenvalue weighted by molar-refractivity contribution is 5.85. The molecule has 0 saturated heterocycles. The molecule has 18 heavy (non-hydrogen) atoms. The highest BCUT2D eigenvalue weighted by Gasteiger charge is 2.21. The molecule has 1 aromatic carbocycles. The standard InChI is InChI=1S/C13H15FN2O2/c1-3-16-10-5-4-9(14)6-8(10)7-11(16)12(15)13(17)18-2/h4-7,12H,3,15H2,1-2H3. The molecule has 0 fully saturated rings. The number of halogens is 1. The number of carbonyl (C=O) groups is 1. The van der Waals surface area contributed by atoms with Gasteiger partial charge in [0.1, 0.15) is 11.9 Å². The highest BCUT2D eigenvalue weighted by atomic mass is 19.1. The van der Waals surface area contributed by atoms with Gasteiger partial charge in [0.05, 0.1) is 7.11 Å². The van der Waals surface area contributed by atoms with Gasteiger partial charge < -0.3 is 15.0 Å². The molecule has 0 bridgehead atoms. The first-order chi connectivity index (χ1) is 8.58. The van der Waals surface area contributed by atoms with E-state index in [4.69, 9.17) is 5.73 Å². The zero-order valence-electron chi connectivity index (χ0n) is 10.3. The summed E-state index contributed by atoms with van der Waals surface area (Å²) < 4.78 is 19.7. The first kappa shape index (κ1) is 12.6. The van der Waals surface area contributed by atoms with Crippen LogP contribution in [0.4, 0.5) is 4.39 Å². The van der Waals surface area contributed by atoms with Crippen molar-refractivity contribution >= 4 is 16.9 Å². The Morgan fingerprint density at radius 2 is 2.22 bits per heavy atom. The smallest absolute Gasteiger partial charge is 0.328 e. The van der Waals surface area contributed by atoms with E-state index in [2.05, 4.69) is 4.74 Å². The monoisotopic (exact) mass is 250 g/mol. The van der Waals surface area contributed by atoms with E-state index < -0.39 is 12.0 Å². The van der Waals surface area contributed by atoms with E-state index in [9.17, 15) is 9.18 Å². The van der Waals surface area contributed by atoms with Crippen LogP contribution in [0.5, 0.6) is 0 Å². The number of aryl methyl sites for hydroxylation is 1. The first-order valence-electron chi connectivity index (χ1n) is 5.70. The maximum atomic E-state index is 13.2. The number of hydrogen-bond acceptors (Lipinski definition) is 3. The molecule has 96 valence electrons. The number of nitrogens with two attached hydrogens (primary N) is 1. The van der Waals surface area contributed by atoms with Crippen molar-refractivity contribution in [3.05, 3.63) is 35.8 Å². The van der Waals surface area contributed by atoms with Crippen LogP contribution in [-0.4, -0.2) is 17.6 Å². The van der Waals surface area contributed by atoms with Gasteiger partial charge in [0.25, 0.3) is 0 Å². The first-order valence-corrected chi connectivity index (χ1v) is 5.70. The zero-order chi connectivity index (χ0) is 13.3. The Hall–Kier alpha value is -1.88. The van der Waals surface area contributed by atoms with Crippen molar-refractivity contribution in [1.29, 1.82) is 0 Å². The molecule has 1 heterocycles. The molecule has 0 aliphatic rings. The maximum Gasteiger partial charge on any atom is 0.328 e. The summed E-state index contributed by atoms with van der Waals surface area (Å²) in [7, 11) is 1.29. The van der Waals surface area contributed by atoms with E-state index in [0.29, 0.717) is 12.2 Å². The Balaban J connectivity index is 2.60. The minimum atomic E-state index is -0.856. The second-order valence-electron chi connectivity index (χ2n) is 4.02. The molecule has 2 aromatic rings. The van der Waals surface area contributed by atoms with Crippen LogP contribution in [0.2, 0.25) is 0 Å². The van der Waals surface area contributed by atoms with Crippen LogP contribution in [0.25, 0.3) is 10.9 Å². The lowest BCUT2D eigenvalue weighted by Crippen LogP contribution is -2.25. The lowest BCUT2D eigenvalue weighted by molar-refractivity contribution is -0.142. The predicted octanol–water partition coefficient (Wildman–Crippen LogP) is 1.97. The van der Waals surface area contributed by atoms with Crippen LogP contribution in [0.3, 0.4) is 0 Å². The van der Waals surface area contributed by atoms with Crippen LogP contribution in [0.1, 0.15) is 18.7 Å². The number of esters is 1. The molecule has 0 radical (unpaired) electrons. The lowest BCUT2D eigenvalue weighted by Gasteiger charge is -2.12. The van der Waals surface area contributed by atoms with E-state index in [1.165, 1.54) is 19.2 Å². The summed E-state index contributed by atoms with van der Waals surface area (Å²) in [4.78, 5) is 11.5. The second kappa shape index (κ2) is 4.78. The molecule has 0 aliphatic heterocycles. The number of carbonyl (C=O) groups excluding carboxylic acids is 1. The van der Waals surface area contributed by atoms with Crippen LogP contribution < -0.4 is 5.73 Å². The van der Waals surface area contributed by atoms with Gasteiger partial charge in [-0.15, -0.1) is 0 Å². The summed E-state index contributed by atoms with van der Waals surface area (Å²) in [6.45, 7) is 2.59. The molecule has 0 saturated carbocycles. The van der Waals surface area contributed by atoms with Crippen molar-refractivity contribution in [2.45, 2.75) is 19.5 Å². The van der Waals surface area contributed by atoms with E-state index in [1.54, 1.807) is 12.1 Å². The fraction of sp³-hybridized carbons (Fsp3) is 0.308. The van der Waals surface area contributed by atoms with E-state index in [-0.39, 0.29) is 5.82 Å². The third-order valence-corrected chi connectivity index (χ3v) is 2.99. The van der Waals surface area contributed by atoms with Crippen LogP contribution in [0.15, 0.2) is 24.3 Å². The second-order valence-corrected chi connectivity index (χ2v) is 4.02. The Morgan fingerprint density at radius 3 is 2.83 bits per heavy atom. The predicted molar refractivity (Wildman–Crippen MR) is 66.5 cm³/mol. The van der Waals surface area contributed by atoms with Gasteiger partial charge in [-0.3, -0.25) is 0 Å². The van der Waals surface area contributed by atoms with Gasteiger partial charge >= 0.3 is 5.97 Å². The van der Waals surface area contributed by atoms with E-state index in [1.807, 2.05) is 11.5 Å². The third-order valence-electron chi connectivity index (χ3n) is 2.99. The van der Waals surface area contributed by atoms with Crippen LogP contribution in [0, 0.1) is 5.82 Å². The number of nitrogens with zero attached hydrogens (tertiary/aromatic N) is 1. The van der Waals surface area contributed by atoms with Gasteiger partial charge in [0.2, 0.25) is 0 Å². The van der Waals surface area contributed by atoms with Crippen LogP contribution >= 0.6 is 0 Å². The number of benzene rings is 1. The van der Waals surface area contributed by atoms with Crippen molar-refractivity contribution in [1.82, 2.24) is 4.57 Å². The fourth-order valence-electron chi connectivity index (χ4n) is 2.12. The zero-order valence-corrected chi connectivity index (χ0v) is 10.3. The Bertz CT molecular complexity index is 592. The summed E-state index contributed by atoms with van der Waals surface area (Å²) in [5.41, 5.74) is 7.32. The van der Waals surface area contributed by atoms with E-state index in [0.717, 1.165) is 10.9 Å². The number of aromatic nitrogens is 1. The average Bonchev–Trinajstić information content (AvgIpc) is 2.74. The van der Waals surface area contributed by atoms with Crippen LogP contribution in [-0.2, 0) is 16.1 Å². The maximum absolute atomic E-state index is 13.2. The van der Waals surface area contributed by atoms with Gasteiger partial charge in [-0.05, 0) is 31.2 Å². The van der Waals surface area contributed by atoms with E-state index >= 15 is 0 Å². The fourth-order valence-corrected chi connectivity index (χ4v) is 2.12. The molecule has 0 spiro atoms. The number of methoxy groups -OCH3 is 1. The summed E-state index contributed by atoms with van der Waals surface area (Å²) in [5, 5.41) is 0.728. The molecule has 5 heteroatoms. The summed E-state index contributed by atoms with van der Waals surface area (Å²) >= 11 is 0. The molecule has 2 rings (SSSR count). The molecule has 4 nitrogen and oxygen atoms in total. The van der Waals surface area contributed by atoms with Gasteiger partial charge in [-0.1, -0.05) is 0 Å². The Labute approximate surface area is 104 Å². The Morgan fingerprint density at radius 1 is 1.50 bits per heavy atom. The summed E-state index contributed by atoms with van der Waals surface area (Å²) in [6, 6.07) is 5.37.